The maximum absolute atomic E-state index is 12.5. The first-order chi connectivity index (χ1) is 16.1. The summed E-state index contributed by atoms with van der Waals surface area (Å²) in [5.41, 5.74) is 3.07. The Morgan fingerprint density at radius 2 is 1.94 bits per heavy atom. The van der Waals surface area contributed by atoms with Crippen molar-refractivity contribution in [2.75, 3.05) is 44.8 Å². The van der Waals surface area contributed by atoms with Gasteiger partial charge in [0.2, 0.25) is 11.8 Å². The lowest BCUT2D eigenvalue weighted by Gasteiger charge is -2.35. The molecule has 33 heavy (non-hydrogen) atoms. The number of hydrogen-bond donors (Lipinski definition) is 2. The summed E-state index contributed by atoms with van der Waals surface area (Å²) in [6, 6.07) is 13.6. The highest BCUT2D eigenvalue weighted by atomic mass is 35.5. The lowest BCUT2D eigenvalue weighted by molar-refractivity contribution is -0.121. The number of morpholine rings is 1. The summed E-state index contributed by atoms with van der Waals surface area (Å²) in [5.74, 6) is 0.827. The van der Waals surface area contributed by atoms with Crippen molar-refractivity contribution in [3.63, 3.8) is 0 Å². The zero-order valence-corrected chi connectivity index (χ0v) is 19.4. The van der Waals surface area contributed by atoms with Gasteiger partial charge in [0.05, 0.1) is 25.9 Å². The number of aryl methyl sites for hydroxylation is 1. The normalized spacial score (nSPS) is 17.1. The predicted molar refractivity (Wildman–Crippen MR) is 128 cm³/mol. The highest BCUT2D eigenvalue weighted by molar-refractivity contribution is 6.30. The number of benzene rings is 2. The number of anilines is 1. The molecule has 0 saturated carbocycles. The van der Waals surface area contributed by atoms with E-state index >= 15 is 0 Å². The molecular formula is C25H30ClN3O4. The Labute approximate surface area is 199 Å². The fraction of sp³-hybridized carbons (Fsp3) is 0.440. The van der Waals surface area contributed by atoms with E-state index in [-0.39, 0.29) is 17.9 Å². The van der Waals surface area contributed by atoms with Gasteiger partial charge in [0.25, 0.3) is 0 Å². The summed E-state index contributed by atoms with van der Waals surface area (Å²) < 4.78 is 11.3. The van der Waals surface area contributed by atoms with Gasteiger partial charge in [-0.15, -0.1) is 0 Å². The van der Waals surface area contributed by atoms with Crippen molar-refractivity contribution in [1.29, 1.82) is 0 Å². The van der Waals surface area contributed by atoms with Gasteiger partial charge in [0, 0.05) is 43.2 Å². The number of ether oxygens (including phenoxy) is 2. The van der Waals surface area contributed by atoms with Gasteiger partial charge in [0.15, 0.2) is 0 Å². The van der Waals surface area contributed by atoms with Crippen LogP contribution in [0.25, 0.3) is 0 Å². The van der Waals surface area contributed by atoms with E-state index in [9.17, 15) is 9.59 Å². The van der Waals surface area contributed by atoms with Crippen molar-refractivity contribution in [3.8, 4) is 5.75 Å². The third-order valence-electron chi connectivity index (χ3n) is 6.02. The maximum atomic E-state index is 12.5. The monoisotopic (exact) mass is 471 g/mol. The molecule has 2 aromatic rings. The average molecular weight is 472 g/mol. The van der Waals surface area contributed by atoms with Crippen molar-refractivity contribution < 1.29 is 19.1 Å². The molecule has 4 rings (SSSR count). The summed E-state index contributed by atoms with van der Waals surface area (Å²) in [4.78, 5) is 26.3. The number of carbonyl (C=O) groups excluding carboxylic acids is 2. The number of carbonyl (C=O) groups is 2. The first kappa shape index (κ1) is 23.5. The maximum Gasteiger partial charge on any atom is 0.224 e. The molecule has 0 aromatic heterocycles. The van der Waals surface area contributed by atoms with Gasteiger partial charge in [-0.05, 0) is 54.3 Å². The molecule has 0 bridgehead atoms. The topological polar surface area (TPSA) is 79.9 Å². The number of fused-ring (bicyclic) bond motifs is 1. The molecule has 2 N–H and O–H groups in total. The molecule has 0 aliphatic carbocycles. The standard InChI is InChI=1S/C25H30ClN3O4/c26-20-6-3-18(4-7-20)23(29-11-14-32-15-12-29)17-27-24(30)2-1-13-33-21-8-9-22-19(16-21)5-10-25(31)28-22/h3-4,6-9,16,23H,1-2,5,10-15,17H2,(H,27,30)(H,28,31). The fourth-order valence-corrected chi connectivity index (χ4v) is 4.33. The van der Waals surface area contributed by atoms with Gasteiger partial charge in [-0.25, -0.2) is 0 Å². The molecular weight excluding hydrogens is 442 g/mol. The van der Waals surface area contributed by atoms with Crippen LogP contribution in [0, 0.1) is 0 Å². The Kier molecular flexibility index (Phi) is 8.20. The van der Waals surface area contributed by atoms with E-state index in [1.165, 1.54) is 0 Å². The van der Waals surface area contributed by atoms with Gasteiger partial charge in [-0.2, -0.15) is 0 Å². The number of rotatable bonds is 9. The van der Waals surface area contributed by atoms with Crippen molar-refractivity contribution in [2.24, 2.45) is 0 Å². The highest BCUT2D eigenvalue weighted by Gasteiger charge is 2.23. The van der Waals surface area contributed by atoms with Crippen molar-refractivity contribution in [1.82, 2.24) is 10.2 Å². The zero-order valence-electron chi connectivity index (χ0n) is 18.6. The van der Waals surface area contributed by atoms with E-state index in [4.69, 9.17) is 21.1 Å². The zero-order chi connectivity index (χ0) is 23.0. The minimum atomic E-state index is 0.0129. The number of hydrogen-bond acceptors (Lipinski definition) is 5. The van der Waals surface area contributed by atoms with Gasteiger partial charge in [-0.1, -0.05) is 23.7 Å². The Hall–Kier alpha value is -2.61. The van der Waals surface area contributed by atoms with Gasteiger partial charge >= 0.3 is 0 Å². The molecule has 176 valence electrons. The van der Waals surface area contributed by atoms with Crippen molar-refractivity contribution in [2.45, 2.75) is 31.7 Å². The lowest BCUT2D eigenvalue weighted by Crippen LogP contribution is -2.43. The molecule has 1 saturated heterocycles. The van der Waals surface area contributed by atoms with Gasteiger partial charge in [0.1, 0.15) is 5.75 Å². The quantitative estimate of drug-likeness (QED) is 0.546. The van der Waals surface area contributed by atoms with Crippen molar-refractivity contribution >= 4 is 29.1 Å². The Morgan fingerprint density at radius 3 is 2.73 bits per heavy atom. The number of nitrogens with zero attached hydrogens (tertiary/aromatic N) is 1. The number of amides is 2. The average Bonchev–Trinajstić information content (AvgIpc) is 2.84. The van der Waals surface area contributed by atoms with Gasteiger partial charge in [-0.3, -0.25) is 14.5 Å². The van der Waals surface area contributed by atoms with E-state index in [2.05, 4.69) is 15.5 Å². The Bertz CT molecular complexity index is 961. The minimum Gasteiger partial charge on any atom is -0.494 e. The molecule has 0 spiro atoms. The van der Waals surface area contributed by atoms with E-state index in [1.54, 1.807) is 0 Å². The summed E-state index contributed by atoms with van der Waals surface area (Å²) in [5, 5.41) is 6.65. The second-order valence-corrected chi connectivity index (χ2v) is 8.78. The Morgan fingerprint density at radius 1 is 1.15 bits per heavy atom. The first-order valence-corrected chi connectivity index (χ1v) is 11.9. The molecule has 8 heteroatoms. The molecule has 7 nitrogen and oxygen atoms in total. The van der Waals surface area contributed by atoms with Gasteiger partial charge < -0.3 is 20.1 Å². The van der Waals surface area contributed by atoms with Crippen LogP contribution in [0.4, 0.5) is 5.69 Å². The van der Waals surface area contributed by atoms with E-state index in [0.29, 0.717) is 50.7 Å². The predicted octanol–water partition coefficient (Wildman–Crippen LogP) is 3.57. The lowest BCUT2D eigenvalue weighted by atomic mass is 10.0. The van der Waals surface area contributed by atoms with Crippen LogP contribution in [0.2, 0.25) is 5.02 Å². The summed E-state index contributed by atoms with van der Waals surface area (Å²) in [6.45, 7) is 4.07. The molecule has 2 aromatic carbocycles. The van der Waals surface area contributed by atoms with E-state index < -0.39 is 0 Å². The van der Waals surface area contributed by atoms with Crippen molar-refractivity contribution in [3.05, 3.63) is 58.6 Å². The van der Waals surface area contributed by atoms with Crippen LogP contribution in [0.3, 0.4) is 0 Å². The Balaban J connectivity index is 1.23. The smallest absolute Gasteiger partial charge is 0.224 e. The van der Waals surface area contributed by atoms with Crippen LogP contribution in [-0.4, -0.2) is 56.2 Å². The van der Waals surface area contributed by atoms with Crippen LogP contribution >= 0.6 is 11.6 Å². The van der Waals surface area contributed by atoms with E-state index in [1.807, 2.05) is 42.5 Å². The second kappa shape index (κ2) is 11.5. The van der Waals surface area contributed by atoms with Crippen LogP contribution in [-0.2, 0) is 20.7 Å². The summed E-state index contributed by atoms with van der Waals surface area (Å²) in [6.07, 6.45) is 2.25. The molecule has 2 amide bonds. The third-order valence-corrected chi connectivity index (χ3v) is 6.27. The van der Waals surface area contributed by atoms with Crippen LogP contribution in [0.1, 0.15) is 36.4 Å². The van der Waals surface area contributed by atoms with Crippen LogP contribution < -0.4 is 15.4 Å². The molecule has 2 aliphatic rings. The molecule has 0 radical (unpaired) electrons. The molecule has 1 atom stereocenters. The minimum absolute atomic E-state index is 0.0129. The fourth-order valence-electron chi connectivity index (χ4n) is 4.20. The molecule has 2 heterocycles. The third kappa shape index (κ3) is 6.69. The highest BCUT2D eigenvalue weighted by Crippen LogP contribution is 2.27. The number of halogens is 1. The SMILES string of the molecule is O=C(CCCOc1ccc2c(c1)CCC(=O)N2)NCC(c1ccc(Cl)cc1)N1CCOCC1. The molecule has 1 unspecified atom stereocenters. The van der Waals surface area contributed by atoms with Crippen LogP contribution in [0.5, 0.6) is 5.75 Å². The summed E-state index contributed by atoms with van der Waals surface area (Å²) >= 11 is 6.05. The number of nitrogens with one attached hydrogen (secondary N) is 2. The van der Waals surface area contributed by atoms with Crippen LogP contribution in [0.15, 0.2) is 42.5 Å². The molecule has 2 aliphatic heterocycles. The second-order valence-electron chi connectivity index (χ2n) is 8.34. The largest absolute Gasteiger partial charge is 0.494 e. The molecule has 1 fully saturated rings. The van der Waals surface area contributed by atoms with E-state index in [0.717, 1.165) is 42.1 Å². The first-order valence-electron chi connectivity index (χ1n) is 11.5. The summed E-state index contributed by atoms with van der Waals surface area (Å²) in [7, 11) is 0.